The number of carboxylic acid groups (broad SMARTS) is 1. The lowest BCUT2D eigenvalue weighted by atomic mass is 10.4. The van der Waals surface area contributed by atoms with Gasteiger partial charge in [-0.1, -0.05) is 11.8 Å². The molecule has 108 valence electrons. The average Bonchev–Trinajstić information content (AvgIpc) is 2.67. The molecule has 0 atom stereocenters. The molecule has 0 unspecified atom stereocenters. The van der Waals surface area contributed by atoms with Gasteiger partial charge in [0, 0.05) is 20.6 Å². The summed E-state index contributed by atoms with van der Waals surface area (Å²) in [6, 6.07) is 0. The number of hydrogen-bond donors (Lipinski definition) is 1. The molecule has 8 heteroatoms. The lowest BCUT2D eigenvalue weighted by Gasteiger charge is -2.18. The molecule has 0 spiro atoms. The van der Waals surface area contributed by atoms with Crippen molar-refractivity contribution < 1.29 is 9.90 Å². The van der Waals surface area contributed by atoms with Gasteiger partial charge in [0.05, 0.1) is 5.75 Å². The summed E-state index contributed by atoms with van der Waals surface area (Å²) in [6.45, 7) is 1.90. The van der Waals surface area contributed by atoms with Gasteiger partial charge < -0.3 is 14.9 Å². The van der Waals surface area contributed by atoms with Crippen LogP contribution in [-0.4, -0.2) is 70.7 Å². The number of hydrogen-bond acceptors (Lipinski definition) is 6. The molecule has 7 nitrogen and oxygen atoms in total. The average molecular weight is 287 g/mol. The van der Waals surface area contributed by atoms with E-state index in [1.807, 2.05) is 37.7 Å². The van der Waals surface area contributed by atoms with Crippen LogP contribution in [0.25, 0.3) is 0 Å². The van der Waals surface area contributed by atoms with Gasteiger partial charge in [-0.2, -0.15) is 0 Å². The Balaban J connectivity index is 2.55. The highest BCUT2D eigenvalue weighted by molar-refractivity contribution is 7.99. The number of rotatable bonds is 8. The molecular weight excluding hydrogens is 266 g/mol. The fourth-order valence-electron chi connectivity index (χ4n) is 1.62. The summed E-state index contributed by atoms with van der Waals surface area (Å²) in [6.07, 6.45) is 1.04. The molecule has 0 bridgehead atoms. The summed E-state index contributed by atoms with van der Waals surface area (Å²) in [5, 5.41) is 17.4. The van der Waals surface area contributed by atoms with Gasteiger partial charge >= 0.3 is 5.97 Å². The van der Waals surface area contributed by atoms with Crippen LogP contribution in [0.2, 0.25) is 0 Å². The number of carboxylic acids is 1. The van der Waals surface area contributed by atoms with Gasteiger partial charge in [-0.25, -0.2) is 0 Å². The van der Waals surface area contributed by atoms with Gasteiger partial charge in [-0.05, 0) is 27.1 Å². The van der Waals surface area contributed by atoms with Gasteiger partial charge in [0.15, 0.2) is 5.16 Å². The molecule has 0 aromatic carbocycles. The molecule has 1 N–H and O–H groups in total. The molecular formula is C11H21N5O2S. The maximum Gasteiger partial charge on any atom is 0.313 e. The van der Waals surface area contributed by atoms with Crippen molar-refractivity contribution in [1.82, 2.24) is 19.7 Å². The van der Waals surface area contributed by atoms with Crippen molar-refractivity contribution in [3.05, 3.63) is 0 Å². The third kappa shape index (κ3) is 5.07. The van der Waals surface area contributed by atoms with Gasteiger partial charge in [-0.15, -0.1) is 10.2 Å². The highest BCUT2D eigenvalue weighted by Crippen LogP contribution is 2.19. The largest absolute Gasteiger partial charge is 0.481 e. The van der Waals surface area contributed by atoms with E-state index >= 15 is 0 Å². The standard InChI is InChI=1S/C11H21N5O2S/c1-14(2)6-5-7-15(3)10-12-13-11(16(10)4)19-8-9(17)18/h5-8H2,1-4H3,(H,17,18). The summed E-state index contributed by atoms with van der Waals surface area (Å²) in [5.41, 5.74) is 0. The predicted molar refractivity (Wildman–Crippen MR) is 75.8 cm³/mol. The van der Waals surface area contributed by atoms with E-state index in [1.165, 1.54) is 11.8 Å². The Bertz CT molecular complexity index is 421. The molecule has 1 rings (SSSR count). The molecule has 1 aromatic heterocycles. The van der Waals surface area contributed by atoms with Crippen LogP contribution >= 0.6 is 11.8 Å². The highest BCUT2D eigenvalue weighted by atomic mass is 32.2. The monoisotopic (exact) mass is 287 g/mol. The zero-order valence-electron chi connectivity index (χ0n) is 11.8. The summed E-state index contributed by atoms with van der Waals surface area (Å²) < 4.78 is 1.82. The van der Waals surface area contributed by atoms with Gasteiger partial charge in [0.2, 0.25) is 5.95 Å². The number of anilines is 1. The molecule has 0 aliphatic rings. The zero-order chi connectivity index (χ0) is 14.4. The van der Waals surface area contributed by atoms with Crippen molar-refractivity contribution in [2.75, 3.05) is 44.9 Å². The minimum Gasteiger partial charge on any atom is -0.481 e. The van der Waals surface area contributed by atoms with Crippen molar-refractivity contribution >= 4 is 23.7 Å². The van der Waals surface area contributed by atoms with E-state index in [1.54, 1.807) is 0 Å². The van der Waals surface area contributed by atoms with E-state index in [-0.39, 0.29) is 5.75 Å². The van der Waals surface area contributed by atoms with E-state index in [0.717, 1.165) is 25.5 Å². The van der Waals surface area contributed by atoms with E-state index < -0.39 is 5.97 Å². The van der Waals surface area contributed by atoms with Crippen LogP contribution in [0.15, 0.2) is 5.16 Å². The fourth-order valence-corrected chi connectivity index (χ4v) is 2.24. The lowest BCUT2D eigenvalue weighted by molar-refractivity contribution is -0.133. The van der Waals surface area contributed by atoms with Crippen LogP contribution in [-0.2, 0) is 11.8 Å². The zero-order valence-corrected chi connectivity index (χ0v) is 12.6. The molecule has 0 aliphatic carbocycles. The van der Waals surface area contributed by atoms with Crippen molar-refractivity contribution in [2.45, 2.75) is 11.6 Å². The quantitative estimate of drug-likeness (QED) is 0.693. The first kappa shape index (κ1) is 15.8. The van der Waals surface area contributed by atoms with Crippen LogP contribution in [0, 0.1) is 0 Å². The van der Waals surface area contributed by atoms with E-state index in [2.05, 4.69) is 15.1 Å². The first-order valence-electron chi connectivity index (χ1n) is 6.01. The number of nitrogens with zero attached hydrogens (tertiary/aromatic N) is 5. The van der Waals surface area contributed by atoms with Crippen LogP contribution in [0.5, 0.6) is 0 Å². The second-order valence-corrected chi connectivity index (χ2v) is 5.54. The summed E-state index contributed by atoms with van der Waals surface area (Å²) in [4.78, 5) is 14.7. The third-order valence-corrected chi connectivity index (χ3v) is 3.58. The molecule has 0 saturated carbocycles. The summed E-state index contributed by atoms with van der Waals surface area (Å²) >= 11 is 1.18. The second-order valence-electron chi connectivity index (χ2n) is 4.60. The fraction of sp³-hybridized carbons (Fsp3) is 0.727. The number of thioether (sulfide) groups is 1. The minimum absolute atomic E-state index is 0.00365. The second kappa shape index (κ2) is 7.34. The normalized spacial score (nSPS) is 11.0. The molecule has 1 heterocycles. The van der Waals surface area contributed by atoms with E-state index in [9.17, 15) is 4.79 Å². The third-order valence-electron chi connectivity index (χ3n) is 2.58. The van der Waals surface area contributed by atoms with Gasteiger partial charge in [0.25, 0.3) is 0 Å². The highest BCUT2D eigenvalue weighted by Gasteiger charge is 2.13. The van der Waals surface area contributed by atoms with Crippen LogP contribution < -0.4 is 4.90 Å². The number of aliphatic carboxylic acids is 1. The molecule has 1 aromatic rings. The van der Waals surface area contributed by atoms with Crippen molar-refractivity contribution in [1.29, 1.82) is 0 Å². The van der Waals surface area contributed by atoms with E-state index in [0.29, 0.717) is 5.16 Å². The van der Waals surface area contributed by atoms with Crippen LogP contribution in [0.4, 0.5) is 5.95 Å². The summed E-state index contributed by atoms with van der Waals surface area (Å²) in [5.74, 6) is -0.100. The Kier molecular flexibility index (Phi) is 6.10. The minimum atomic E-state index is -0.853. The molecule has 19 heavy (non-hydrogen) atoms. The Morgan fingerprint density at radius 2 is 2.00 bits per heavy atom. The molecule has 0 amide bonds. The van der Waals surface area contributed by atoms with Gasteiger partial charge in [-0.3, -0.25) is 9.36 Å². The van der Waals surface area contributed by atoms with Gasteiger partial charge in [0.1, 0.15) is 0 Å². The molecule has 0 fully saturated rings. The lowest BCUT2D eigenvalue weighted by Crippen LogP contribution is -2.25. The Hall–Kier alpha value is -1.28. The molecule has 0 saturated heterocycles. The molecule has 0 aliphatic heterocycles. The predicted octanol–water partition coefficient (Wildman–Crippen LogP) is 0.380. The van der Waals surface area contributed by atoms with Crippen molar-refractivity contribution in [2.24, 2.45) is 7.05 Å². The topological polar surface area (TPSA) is 74.5 Å². The van der Waals surface area contributed by atoms with E-state index in [4.69, 9.17) is 5.11 Å². The Morgan fingerprint density at radius 3 is 2.58 bits per heavy atom. The maximum absolute atomic E-state index is 10.5. The first-order valence-corrected chi connectivity index (χ1v) is 7.00. The van der Waals surface area contributed by atoms with Crippen molar-refractivity contribution in [3.63, 3.8) is 0 Å². The number of aromatic nitrogens is 3. The van der Waals surface area contributed by atoms with Crippen LogP contribution in [0.3, 0.4) is 0 Å². The number of carbonyl (C=O) groups is 1. The summed E-state index contributed by atoms with van der Waals surface area (Å²) in [7, 11) is 7.90. The first-order chi connectivity index (χ1) is 8.91. The van der Waals surface area contributed by atoms with Crippen molar-refractivity contribution in [3.8, 4) is 0 Å². The SMILES string of the molecule is CN(C)CCCN(C)c1nnc(SCC(=O)O)n1C. The van der Waals surface area contributed by atoms with Crippen LogP contribution in [0.1, 0.15) is 6.42 Å². The maximum atomic E-state index is 10.5. The Labute approximate surface area is 117 Å². The Morgan fingerprint density at radius 1 is 1.32 bits per heavy atom. The smallest absolute Gasteiger partial charge is 0.313 e. The molecule has 0 radical (unpaired) electrons.